The molecule has 0 aromatic carbocycles. The highest BCUT2D eigenvalue weighted by atomic mass is 16.6. The lowest BCUT2D eigenvalue weighted by Crippen LogP contribution is -2.30. The zero-order valence-corrected chi connectivity index (χ0v) is 50.4. The third-order valence-electron chi connectivity index (χ3n) is 13.7. The summed E-state index contributed by atoms with van der Waals surface area (Å²) < 4.78 is 16.9. The van der Waals surface area contributed by atoms with Crippen LogP contribution >= 0.6 is 0 Å². The van der Waals surface area contributed by atoms with Crippen molar-refractivity contribution in [3.05, 3.63) is 109 Å². The van der Waals surface area contributed by atoms with Gasteiger partial charge in [0, 0.05) is 19.3 Å². The van der Waals surface area contributed by atoms with Gasteiger partial charge in [-0.15, -0.1) is 0 Å². The van der Waals surface area contributed by atoms with Crippen LogP contribution in [0.2, 0.25) is 0 Å². The second-order valence-electron chi connectivity index (χ2n) is 21.3. The Bertz CT molecular complexity index is 1560. The lowest BCUT2D eigenvalue weighted by atomic mass is 10.1. The summed E-state index contributed by atoms with van der Waals surface area (Å²) in [6.45, 7) is 6.47. The van der Waals surface area contributed by atoms with Gasteiger partial charge in [0.25, 0.3) is 0 Å². The molecule has 440 valence electrons. The Morgan fingerprint density at radius 3 is 0.844 bits per heavy atom. The largest absolute Gasteiger partial charge is 0.462 e. The first-order chi connectivity index (χ1) is 38.0. The minimum atomic E-state index is -0.792. The molecule has 0 heterocycles. The highest BCUT2D eigenvalue weighted by Gasteiger charge is 2.19. The van der Waals surface area contributed by atoms with Gasteiger partial charge >= 0.3 is 17.9 Å². The van der Waals surface area contributed by atoms with Crippen molar-refractivity contribution in [2.24, 2.45) is 0 Å². The number of rotatable bonds is 58. The Morgan fingerprint density at radius 1 is 0.273 bits per heavy atom. The molecule has 0 spiro atoms. The Kier molecular flexibility index (Phi) is 61.3. The van der Waals surface area contributed by atoms with Crippen molar-refractivity contribution in [2.45, 2.75) is 309 Å². The highest BCUT2D eigenvalue weighted by Crippen LogP contribution is 2.15. The SMILES string of the molecule is CC/C=C\C/C=C\C/C=C\C/C=C\C/C=C\CCCCCCCCCC(=O)OC(COC(=O)CCCCCCC/C=C\CCCC)COC(=O)CCCCCCCCCCCC/C=C\C/C=C\C/C=C\CCCCCCC. The number of carbonyl (C=O) groups excluding carboxylic acids is 3. The molecule has 1 atom stereocenters. The van der Waals surface area contributed by atoms with Crippen molar-refractivity contribution in [3.63, 3.8) is 0 Å². The van der Waals surface area contributed by atoms with E-state index in [0.29, 0.717) is 19.3 Å². The van der Waals surface area contributed by atoms with E-state index in [1.165, 1.54) is 148 Å². The number of hydrogen-bond acceptors (Lipinski definition) is 6. The molecule has 6 heteroatoms. The van der Waals surface area contributed by atoms with E-state index < -0.39 is 6.10 Å². The predicted molar refractivity (Wildman–Crippen MR) is 334 cm³/mol. The topological polar surface area (TPSA) is 78.9 Å². The number of ether oxygens (including phenoxy) is 3. The maximum Gasteiger partial charge on any atom is 0.306 e. The normalized spacial score (nSPS) is 12.8. The molecule has 0 amide bonds. The van der Waals surface area contributed by atoms with Crippen molar-refractivity contribution in [2.75, 3.05) is 13.2 Å². The Hall–Kier alpha value is -3.93. The Labute approximate surface area is 476 Å². The van der Waals surface area contributed by atoms with Crippen molar-refractivity contribution < 1.29 is 28.6 Å². The monoisotopic (exact) mass is 1070 g/mol. The summed E-state index contributed by atoms with van der Waals surface area (Å²) in [6.07, 6.45) is 88.1. The average Bonchev–Trinajstić information content (AvgIpc) is 3.43. The maximum atomic E-state index is 12.9. The zero-order valence-electron chi connectivity index (χ0n) is 50.4. The molecule has 0 bridgehead atoms. The number of unbranched alkanes of at least 4 members (excludes halogenated alkanes) is 29. The third-order valence-corrected chi connectivity index (χ3v) is 13.7. The summed E-state index contributed by atoms with van der Waals surface area (Å²) in [4.78, 5) is 38.3. The molecular weight excluding hydrogens is 949 g/mol. The van der Waals surface area contributed by atoms with Crippen molar-refractivity contribution in [1.82, 2.24) is 0 Å². The second kappa shape index (κ2) is 64.6. The minimum absolute atomic E-state index is 0.0879. The molecular formula is C71H120O6. The molecule has 0 rings (SSSR count). The summed E-state index contributed by atoms with van der Waals surface area (Å²) in [6, 6.07) is 0. The van der Waals surface area contributed by atoms with Gasteiger partial charge in [-0.3, -0.25) is 14.4 Å². The molecule has 0 fully saturated rings. The highest BCUT2D eigenvalue weighted by molar-refractivity contribution is 5.71. The van der Waals surface area contributed by atoms with E-state index >= 15 is 0 Å². The van der Waals surface area contributed by atoms with Crippen LogP contribution in [-0.2, 0) is 28.6 Å². The zero-order chi connectivity index (χ0) is 55.7. The van der Waals surface area contributed by atoms with Crippen LogP contribution in [0.25, 0.3) is 0 Å². The summed E-state index contributed by atoms with van der Waals surface area (Å²) in [5.41, 5.74) is 0. The van der Waals surface area contributed by atoms with Gasteiger partial charge in [-0.1, -0.05) is 271 Å². The molecule has 6 nitrogen and oxygen atoms in total. The molecule has 0 aliphatic heterocycles. The van der Waals surface area contributed by atoms with E-state index in [1.54, 1.807) is 0 Å². The average molecular weight is 1070 g/mol. The first-order valence-corrected chi connectivity index (χ1v) is 32.4. The van der Waals surface area contributed by atoms with E-state index in [4.69, 9.17) is 14.2 Å². The Morgan fingerprint density at radius 2 is 0.519 bits per heavy atom. The van der Waals surface area contributed by atoms with Gasteiger partial charge in [-0.25, -0.2) is 0 Å². The van der Waals surface area contributed by atoms with Crippen molar-refractivity contribution in [1.29, 1.82) is 0 Å². The number of hydrogen-bond donors (Lipinski definition) is 0. The van der Waals surface area contributed by atoms with E-state index in [0.717, 1.165) is 116 Å². The van der Waals surface area contributed by atoms with Crippen LogP contribution in [0.1, 0.15) is 303 Å². The van der Waals surface area contributed by atoms with Crippen LogP contribution < -0.4 is 0 Å². The number of carbonyl (C=O) groups is 3. The fourth-order valence-corrected chi connectivity index (χ4v) is 8.87. The van der Waals surface area contributed by atoms with E-state index in [-0.39, 0.29) is 31.1 Å². The second-order valence-corrected chi connectivity index (χ2v) is 21.3. The fourth-order valence-electron chi connectivity index (χ4n) is 8.87. The summed E-state index contributed by atoms with van der Waals surface area (Å²) in [5, 5.41) is 0. The lowest BCUT2D eigenvalue weighted by molar-refractivity contribution is -0.167. The van der Waals surface area contributed by atoms with Crippen molar-refractivity contribution >= 4 is 17.9 Å². The maximum absolute atomic E-state index is 12.9. The Balaban J connectivity index is 4.32. The molecule has 0 aliphatic rings. The molecule has 1 unspecified atom stereocenters. The van der Waals surface area contributed by atoms with Gasteiger partial charge in [0.05, 0.1) is 0 Å². The van der Waals surface area contributed by atoms with Crippen LogP contribution in [-0.4, -0.2) is 37.2 Å². The molecule has 0 aromatic rings. The van der Waals surface area contributed by atoms with Gasteiger partial charge in [0.15, 0.2) is 6.10 Å². The fraction of sp³-hybridized carbons (Fsp3) is 0.704. The molecule has 0 aromatic heterocycles. The lowest BCUT2D eigenvalue weighted by Gasteiger charge is -2.18. The smallest absolute Gasteiger partial charge is 0.306 e. The van der Waals surface area contributed by atoms with Gasteiger partial charge in [0.2, 0.25) is 0 Å². The third kappa shape index (κ3) is 62.8. The molecule has 0 radical (unpaired) electrons. The molecule has 77 heavy (non-hydrogen) atoms. The summed E-state index contributed by atoms with van der Waals surface area (Å²) in [5.74, 6) is -0.907. The van der Waals surface area contributed by atoms with Crippen LogP contribution in [0.15, 0.2) is 109 Å². The van der Waals surface area contributed by atoms with E-state index in [9.17, 15) is 14.4 Å². The predicted octanol–water partition coefficient (Wildman–Crippen LogP) is 22.2. The summed E-state index contributed by atoms with van der Waals surface area (Å²) in [7, 11) is 0. The van der Waals surface area contributed by atoms with E-state index in [2.05, 4.69) is 130 Å². The first kappa shape index (κ1) is 73.1. The molecule has 0 N–H and O–H groups in total. The van der Waals surface area contributed by atoms with Crippen LogP contribution in [0.3, 0.4) is 0 Å². The number of esters is 3. The van der Waals surface area contributed by atoms with Crippen molar-refractivity contribution in [3.8, 4) is 0 Å². The molecule has 0 saturated heterocycles. The van der Waals surface area contributed by atoms with Gasteiger partial charge in [0.1, 0.15) is 13.2 Å². The van der Waals surface area contributed by atoms with Crippen LogP contribution in [0, 0.1) is 0 Å². The molecule has 0 saturated carbocycles. The first-order valence-electron chi connectivity index (χ1n) is 32.4. The standard InChI is InChI=1S/C71H120O6/c1-4-7-10-13-16-19-22-24-26-28-30-32-34-35-37-38-40-42-44-46-49-52-55-58-61-64-70(73)76-67-68(66-75-69(72)63-60-57-54-51-48-21-18-15-12-9-6-3)77-71(74)65-62-59-56-53-50-47-45-43-41-39-36-33-31-29-27-25-23-20-17-14-11-8-5-2/h8,11,15,17-18,20,22,24-25,27-28,30-31,33-35,39,41,68H,4-7,9-10,12-14,16,19,21,23,26,29,32,36-38,40,42-67H2,1-3H3/b11-8-,18-15-,20-17-,24-22-,27-25-,30-28-,33-31-,35-34-,41-39-. The summed E-state index contributed by atoms with van der Waals surface area (Å²) >= 11 is 0. The van der Waals surface area contributed by atoms with Gasteiger partial charge in [-0.05, 0) is 122 Å². The minimum Gasteiger partial charge on any atom is -0.462 e. The van der Waals surface area contributed by atoms with Crippen LogP contribution in [0.5, 0.6) is 0 Å². The van der Waals surface area contributed by atoms with Crippen LogP contribution in [0.4, 0.5) is 0 Å². The van der Waals surface area contributed by atoms with E-state index in [1.807, 2.05) is 0 Å². The van der Waals surface area contributed by atoms with Gasteiger partial charge < -0.3 is 14.2 Å². The van der Waals surface area contributed by atoms with Gasteiger partial charge in [-0.2, -0.15) is 0 Å². The number of allylic oxidation sites excluding steroid dienone is 18. The quantitative estimate of drug-likeness (QED) is 0.0261. The molecule has 0 aliphatic carbocycles.